The van der Waals surface area contributed by atoms with Gasteiger partial charge in [0.1, 0.15) is 11.4 Å². The van der Waals surface area contributed by atoms with Crippen molar-refractivity contribution in [1.82, 2.24) is 4.90 Å². The third-order valence-corrected chi connectivity index (χ3v) is 3.53. The van der Waals surface area contributed by atoms with Gasteiger partial charge in [0, 0.05) is 13.0 Å². The number of likely N-dealkylation sites (tertiary alicyclic amines) is 1. The molecule has 1 unspecified atom stereocenters. The van der Waals surface area contributed by atoms with Crippen molar-refractivity contribution in [3.8, 4) is 0 Å². The number of amides is 1. The van der Waals surface area contributed by atoms with E-state index in [9.17, 15) is 19.1 Å². The predicted molar refractivity (Wildman–Crippen MR) is 64.4 cm³/mol. The minimum absolute atomic E-state index is 0.0505. The SMILES string of the molecule is O=C(O)N1CCCC1(Cc1ccc(F)cc1)C(=O)O. The van der Waals surface area contributed by atoms with Gasteiger partial charge >= 0.3 is 12.1 Å². The summed E-state index contributed by atoms with van der Waals surface area (Å²) in [6.45, 7) is 0.211. The Bertz CT molecular complexity index is 502. The quantitative estimate of drug-likeness (QED) is 0.877. The second-order valence-corrected chi connectivity index (χ2v) is 4.68. The van der Waals surface area contributed by atoms with Gasteiger partial charge in [-0.25, -0.2) is 14.0 Å². The molecule has 1 aliphatic heterocycles. The Morgan fingerprint density at radius 2 is 1.89 bits per heavy atom. The highest BCUT2D eigenvalue weighted by atomic mass is 19.1. The fourth-order valence-electron chi connectivity index (χ4n) is 2.58. The lowest BCUT2D eigenvalue weighted by atomic mass is 9.88. The van der Waals surface area contributed by atoms with E-state index in [2.05, 4.69) is 0 Å². The van der Waals surface area contributed by atoms with Crippen molar-refractivity contribution < 1.29 is 24.2 Å². The molecule has 1 aromatic rings. The van der Waals surface area contributed by atoms with Crippen LogP contribution in [-0.2, 0) is 11.2 Å². The first kappa shape index (κ1) is 13.3. The van der Waals surface area contributed by atoms with Crippen molar-refractivity contribution in [3.05, 3.63) is 35.6 Å². The second kappa shape index (κ2) is 4.87. The van der Waals surface area contributed by atoms with E-state index in [1.807, 2.05) is 0 Å². The lowest BCUT2D eigenvalue weighted by molar-refractivity contribution is -0.148. The molecule has 0 aliphatic carbocycles. The average Bonchev–Trinajstić information content (AvgIpc) is 2.77. The van der Waals surface area contributed by atoms with Gasteiger partial charge in [-0.3, -0.25) is 4.90 Å². The van der Waals surface area contributed by atoms with Crippen LogP contribution in [0.15, 0.2) is 24.3 Å². The van der Waals surface area contributed by atoms with E-state index in [1.54, 1.807) is 0 Å². The maximum Gasteiger partial charge on any atom is 0.408 e. The standard InChI is InChI=1S/C13H14FNO4/c14-10-4-2-9(3-5-10)8-13(11(16)17)6-1-7-15(13)12(18)19/h2-5H,1,6-8H2,(H,16,17)(H,18,19). The molecule has 5 nitrogen and oxygen atoms in total. The molecule has 0 spiro atoms. The fraction of sp³-hybridized carbons (Fsp3) is 0.385. The number of carboxylic acid groups (broad SMARTS) is 2. The summed E-state index contributed by atoms with van der Waals surface area (Å²) < 4.78 is 12.8. The van der Waals surface area contributed by atoms with Crippen LogP contribution in [0.25, 0.3) is 0 Å². The number of carboxylic acids is 1. The predicted octanol–water partition coefficient (Wildman–Crippen LogP) is 1.97. The largest absolute Gasteiger partial charge is 0.479 e. The number of nitrogens with zero attached hydrogens (tertiary/aromatic N) is 1. The third kappa shape index (κ3) is 2.38. The minimum atomic E-state index is -1.44. The first-order chi connectivity index (χ1) is 8.95. The maximum absolute atomic E-state index is 12.8. The van der Waals surface area contributed by atoms with Crippen LogP contribution < -0.4 is 0 Å². The monoisotopic (exact) mass is 267 g/mol. The van der Waals surface area contributed by atoms with Crippen molar-refractivity contribution in [3.63, 3.8) is 0 Å². The molecule has 0 radical (unpaired) electrons. The Labute approximate surface area is 109 Å². The average molecular weight is 267 g/mol. The van der Waals surface area contributed by atoms with Gasteiger partial charge in [0.2, 0.25) is 0 Å². The Kier molecular flexibility index (Phi) is 3.42. The van der Waals surface area contributed by atoms with Gasteiger partial charge in [-0.1, -0.05) is 12.1 Å². The number of benzene rings is 1. The van der Waals surface area contributed by atoms with Crippen molar-refractivity contribution in [2.75, 3.05) is 6.54 Å². The highest BCUT2D eigenvalue weighted by Crippen LogP contribution is 2.33. The zero-order chi connectivity index (χ0) is 14.0. The Balaban J connectivity index is 2.32. The van der Waals surface area contributed by atoms with Crippen molar-refractivity contribution >= 4 is 12.1 Å². The molecule has 1 fully saturated rings. The molecule has 1 atom stereocenters. The van der Waals surface area contributed by atoms with Gasteiger partial charge in [-0.05, 0) is 30.5 Å². The molecule has 102 valence electrons. The summed E-state index contributed by atoms with van der Waals surface area (Å²) >= 11 is 0. The van der Waals surface area contributed by atoms with E-state index in [-0.39, 0.29) is 19.4 Å². The molecule has 0 bridgehead atoms. The Morgan fingerprint density at radius 1 is 1.26 bits per heavy atom. The molecule has 2 N–H and O–H groups in total. The van der Waals surface area contributed by atoms with Gasteiger partial charge in [0.05, 0.1) is 0 Å². The summed E-state index contributed by atoms with van der Waals surface area (Å²) in [7, 11) is 0. The van der Waals surface area contributed by atoms with Crippen molar-refractivity contribution in [2.24, 2.45) is 0 Å². The van der Waals surface area contributed by atoms with E-state index < -0.39 is 23.4 Å². The first-order valence-corrected chi connectivity index (χ1v) is 5.94. The first-order valence-electron chi connectivity index (χ1n) is 5.94. The second-order valence-electron chi connectivity index (χ2n) is 4.68. The van der Waals surface area contributed by atoms with Gasteiger partial charge < -0.3 is 10.2 Å². The van der Waals surface area contributed by atoms with E-state index >= 15 is 0 Å². The summed E-state index contributed by atoms with van der Waals surface area (Å²) in [5, 5.41) is 18.5. The zero-order valence-electron chi connectivity index (χ0n) is 10.2. The van der Waals surface area contributed by atoms with Crippen molar-refractivity contribution in [1.29, 1.82) is 0 Å². The lowest BCUT2D eigenvalue weighted by Gasteiger charge is -2.32. The number of halogens is 1. The highest BCUT2D eigenvalue weighted by Gasteiger charge is 2.50. The van der Waals surface area contributed by atoms with Gasteiger partial charge in [-0.2, -0.15) is 0 Å². The molecule has 2 rings (SSSR count). The molecule has 6 heteroatoms. The molecule has 0 aromatic heterocycles. The summed E-state index contributed by atoms with van der Waals surface area (Å²) in [4.78, 5) is 23.7. The molecule has 1 heterocycles. The summed E-state index contributed by atoms with van der Waals surface area (Å²) in [6, 6.07) is 5.45. The lowest BCUT2D eigenvalue weighted by Crippen LogP contribution is -2.54. The van der Waals surface area contributed by atoms with Crippen LogP contribution in [0.4, 0.5) is 9.18 Å². The third-order valence-electron chi connectivity index (χ3n) is 3.53. The van der Waals surface area contributed by atoms with Crippen LogP contribution in [0.1, 0.15) is 18.4 Å². The van der Waals surface area contributed by atoms with Crippen LogP contribution in [-0.4, -0.2) is 39.3 Å². The summed E-state index contributed by atoms with van der Waals surface area (Å²) in [5.41, 5.74) is -0.833. The number of rotatable bonds is 3. The number of hydrogen-bond donors (Lipinski definition) is 2. The van der Waals surface area contributed by atoms with Crippen LogP contribution in [0.5, 0.6) is 0 Å². The number of aliphatic carboxylic acids is 1. The van der Waals surface area contributed by atoms with E-state index in [1.165, 1.54) is 24.3 Å². The number of hydrogen-bond acceptors (Lipinski definition) is 2. The Hall–Kier alpha value is -2.11. The molecule has 1 amide bonds. The van der Waals surface area contributed by atoms with Gasteiger partial charge in [0.25, 0.3) is 0 Å². The topological polar surface area (TPSA) is 77.8 Å². The van der Waals surface area contributed by atoms with Gasteiger partial charge in [-0.15, -0.1) is 0 Å². The van der Waals surface area contributed by atoms with E-state index in [0.717, 1.165) is 4.90 Å². The highest BCUT2D eigenvalue weighted by molar-refractivity contribution is 5.85. The molecule has 1 aromatic carbocycles. The van der Waals surface area contributed by atoms with Crippen LogP contribution in [0.3, 0.4) is 0 Å². The molecule has 0 saturated carbocycles. The van der Waals surface area contributed by atoms with Crippen LogP contribution >= 0.6 is 0 Å². The van der Waals surface area contributed by atoms with Gasteiger partial charge in [0.15, 0.2) is 0 Å². The molecule has 1 aliphatic rings. The fourth-order valence-corrected chi connectivity index (χ4v) is 2.58. The normalized spacial score (nSPS) is 22.5. The van der Waals surface area contributed by atoms with Crippen LogP contribution in [0.2, 0.25) is 0 Å². The van der Waals surface area contributed by atoms with Crippen LogP contribution in [0, 0.1) is 5.82 Å². The maximum atomic E-state index is 12.8. The minimum Gasteiger partial charge on any atom is -0.479 e. The number of carbonyl (C=O) groups is 2. The summed E-state index contributed by atoms with van der Waals surface area (Å²) in [5.74, 6) is -1.56. The van der Waals surface area contributed by atoms with Crippen molar-refractivity contribution in [2.45, 2.75) is 24.8 Å². The zero-order valence-corrected chi connectivity index (χ0v) is 10.2. The summed E-state index contributed by atoms with van der Waals surface area (Å²) in [6.07, 6.45) is -0.400. The van der Waals surface area contributed by atoms with E-state index in [4.69, 9.17) is 5.11 Å². The Morgan fingerprint density at radius 3 is 2.42 bits per heavy atom. The molecular weight excluding hydrogens is 253 g/mol. The molecule has 19 heavy (non-hydrogen) atoms. The smallest absolute Gasteiger partial charge is 0.408 e. The molecular formula is C13H14FNO4. The van der Waals surface area contributed by atoms with E-state index in [0.29, 0.717) is 12.0 Å². The molecule has 1 saturated heterocycles.